The van der Waals surface area contributed by atoms with Gasteiger partial charge >= 0.3 is 0 Å². The molecule has 0 aliphatic carbocycles. The average molecular weight is 213 g/mol. The van der Waals surface area contributed by atoms with Gasteiger partial charge in [-0.05, 0) is 25.8 Å². The molecule has 92 valence electrons. The fourth-order valence-corrected chi connectivity index (χ4v) is 1.77. The van der Waals surface area contributed by atoms with Crippen molar-refractivity contribution in [1.82, 2.24) is 4.90 Å². The molecule has 1 aliphatic rings. The molecule has 1 atom stereocenters. The molecule has 15 heavy (non-hydrogen) atoms. The molecule has 1 saturated heterocycles. The minimum Gasteiger partial charge on any atom is -0.299 e. The van der Waals surface area contributed by atoms with Crippen LogP contribution in [0.25, 0.3) is 0 Å². The van der Waals surface area contributed by atoms with E-state index in [1.165, 1.54) is 31.5 Å². The van der Waals surface area contributed by atoms with Gasteiger partial charge in [0.2, 0.25) is 0 Å². The third-order valence-corrected chi connectivity index (χ3v) is 2.44. The first-order valence-electron chi connectivity index (χ1n) is 6.59. The Morgan fingerprint density at radius 1 is 1.27 bits per heavy atom. The summed E-state index contributed by atoms with van der Waals surface area (Å²) in [6.07, 6.45) is 2.73. The summed E-state index contributed by atoms with van der Waals surface area (Å²) in [5.74, 6) is 0.953. The highest BCUT2D eigenvalue weighted by Gasteiger charge is 2.19. The van der Waals surface area contributed by atoms with E-state index in [0.29, 0.717) is 0 Å². The lowest BCUT2D eigenvalue weighted by atomic mass is 10.1. The Labute approximate surface area is 97.6 Å². The maximum absolute atomic E-state index is 3.93. The normalized spacial score (nSPS) is 19.7. The summed E-state index contributed by atoms with van der Waals surface area (Å²) in [7, 11) is 0. The molecule has 0 radical (unpaired) electrons. The van der Waals surface area contributed by atoms with Crippen molar-refractivity contribution in [2.45, 2.75) is 54.4 Å². The number of hydrogen-bond donors (Lipinski definition) is 0. The van der Waals surface area contributed by atoms with Gasteiger partial charge in [0.05, 0.1) is 0 Å². The van der Waals surface area contributed by atoms with Crippen LogP contribution in [-0.4, -0.2) is 24.5 Å². The molecule has 0 aromatic carbocycles. The summed E-state index contributed by atoms with van der Waals surface area (Å²) < 4.78 is 0. The second kappa shape index (κ2) is 11.8. The van der Waals surface area contributed by atoms with E-state index in [9.17, 15) is 0 Å². The van der Waals surface area contributed by atoms with E-state index in [4.69, 9.17) is 0 Å². The zero-order valence-corrected chi connectivity index (χ0v) is 11.8. The fraction of sp³-hybridized carbons (Fsp3) is 0.857. The van der Waals surface area contributed by atoms with Gasteiger partial charge in [0.15, 0.2) is 0 Å². The Hall–Kier alpha value is -0.300. The topological polar surface area (TPSA) is 3.24 Å². The van der Waals surface area contributed by atoms with Crippen molar-refractivity contribution in [3.8, 4) is 0 Å². The van der Waals surface area contributed by atoms with E-state index < -0.39 is 0 Å². The van der Waals surface area contributed by atoms with Gasteiger partial charge < -0.3 is 0 Å². The van der Waals surface area contributed by atoms with Crippen LogP contribution in [0.2, 0.25) is 0 Å². The summed E-state index contributed by atoms with van der Waals surface area (Å²) in [6.45, 7) is 20.0. The van der Waals surface area contributed by atoms with Crippen LogP contribution in [0.3, 0.4) is 0 Å². The van der Waals surface area contributed by atoms with Crippen LogP contribution in [0.4, 0.5) is 0 Å². The Balaban J connectivity index is 0. The zero-order valence-electron chi connectivity index (χ0n) is 11.8. The lowest BCUT2D eigenvalue weighted by Gasteiger charge is -2.14. The number of nitrogens with zero attached hydrogens (tertiary/aromatic N) is 1. The molecule has 1 rings (SSSR count). The van der Waals surface area contributed by atoms with Crippen molar-refractivity contribution >= 4 is 0 Å². The highest BCUT2D eigenvalue weighted by atomic mass is 15.1. The lowest BCUT2D eigenvalue weighted by Crippen LogP contribution is -2.22. The summed E-state index contributed by atoms with van der Waals surface area (Å²) in [4.78, 5) is 2.51. The predicted octanol–water partition coefficient (Wildman–Crippen LogP) is 4.35. The molecule has 0 spiro atoms. The minimum atomic E-state index is 0.953. The third kappa shape index (κ3) is 8.68. The average Bonchev–Trinajstić information content (AvgIpc) is 2.70. The summed E-state index contributed by atoms with van der Waals surface area (Å²) in [5, 5.41) is 0. The molecule has 0 aromatic heterocycles. The molecule has 1 nitrogen and oxygen atoms in total. The van der Waals surface area contributed by atoms with Gasteiger partial charge in [-0.25, -0.2) is 0 Å². The van der Waals surface area contributed by atoms with E-state index in [1.54, 1.807) is 0 Å². The lowest BCUT2D eigenvalue weighted by molar-refractivity contribution is 0.349. The minimum absolute atomic E-state index is 0.953. The fourth-order valence-electron chi connectivity index (χ4n) is 1.77. The largest absolute Gasteiger partial charge is 0.299 e. The van der Waals surface area contributed by atoms with Gasteiger partial charge in [0, 0.05) is 13.1 Å². The van der Waals surface area contributed by atoms with E-state index in [1.807, 2.05) is 27.7 Å². The molecule has 0 amide bonds. The smallest absolute Gasteiger partial charge is 0.0187 e. The van der Waals surface area contributed by atoms with Crippen LogP contribution in [0.5, 0.6) is 0 Å². The molecule has 0 N–H and O–H groups in total. The van der Waals surface area contributed by atoms with Crippen molar-refractivity contribution in [3.63, 3.8) is 0 Å². The van der Waals surface area contributed by atoms with E-state index in [0.717, 1.165) is 12.5 Å². The number of hydrogen-bond acceptors (Lipinski definition) is 1. The van der Waals surface area contributed by atoms with E-state index >= 15 is 0 Å². The first-order valence-corrected chi connectivity index (χ1v) is 6.59. The van der Waals surface area contributed by atoms with Crippen LogP contribution in [-0.2, 0) is 0 Å². The molecular formula is C14H31N. The Bertz CT molecular complexity index is 140. The van der Waals surface area contributed by atoms with Crippen molar-refractivity contribution in [1.29, 1.82) is 0 Å². The summed E-state index contributed by atoms with van der Waals surface area (Å²) in [6, 6.07) is 0. The molecular weight excluding hydrogens is 182 g/mol. The van der Waals surface area contributed by atoms with Gasteiger partial charge in [-0.3, -0.25) is 4.90 Å². The van der Waals surface area contributed by atoms with Gasteiger partial charge in [-0.2, -0.15) is 0 Å². The van der Waals surface area contributed by atoms with Crippen LogP contribution in [0.15, 0.2) is 12.2 Å². The van der Waals surface area contributed by atoms with Crippen molar-refractivity contribution in [2.75, 3.05) is 19.6 Å². The van der Waals surface area contributed by atoms with E-state index in [-0.39, 0.29) is 0 Å². The van der Waals surface area contributed by atoms with E-state index in [2.05, 4.69) is 25.3 Å². The number of rotatable bonds is 3. The summed E-state index contributed by atoms with van der Waals surface area (Å²) in [5.41, 5.74) is 1.29. The molecule has 1 heterocycles. The first kappa shape index (κ1) is 17.1. The maximum atomic E-state index is 3.93. The highest BCUT2D eigenvalue weighted by molar-refractivity contribution is 4.93. The molecule has 1 fully saturated rings. The van der Waals surface area contributed by atoms with Gasteiger partial charge in [0.1, 0.15) is 0 Å². The first-order chi connectivity index (χ1) is 7.22. The maximum Gasteiger partial charge on any atom is 0.0187 e. The number of likely N-dealkylation sites (tertiary alicyclic amines) is 1. The Morgan fingerprint density at radius 2 is 1.80 bits per heavy atom. The standard InChI is InChI=1S/C10H19N.2C2H6/c1-4-10-5-6-11(8-10)7-9(2)3;2*1-2/h10H,2,4-8H2,1,3H3;2*1-2H3. The van der Waals surface area contributed by atoms with Crippen molar-refractivity contribution < 1.29 is 0 Å². The van der Waals surface area contributed by atoms with Crippen LogP contribution >= 0.6 is 0 Å². The Kier molecular flexibility index (Phi) is 13.4. The van der Waals surface area contributed by atoms with Gasteiger partial charge in [0.25, 0.3) is 0 Å². The van der Waals surface area contributed by atoms with Gasteiger partial charge in [-0.1, -0.05) is 53.2 Å². The molecule has 0 aromatic rings. The highest BCUT2D eigenvalue weighted by Crippen LogP contribution is 2.19. The second-order valence-corrected chi connectivity index (χ2v) is 3.76. The van der Waals surface area contributed by atoms with Crippen LogP contribution in [0, 0.1) is 5.92 Å². The predicted molar refractivity (Wildman–Crippen MR) is 72.3 cm³/mol. The summed E-state index contributed by atoms with van der Waals surface area (Å²) >= 11 is 0. The van der Waals surface area contributed by atoms with Gasteiger partial charge in [-0.15, -0.1) is 0 Å². The third-order valence-electron chi connectivity index (χ3n) is 2.44. The quantitative estimate of drug-likeness (QED) is 0.630. The molecule has 1 heteroatoms. The van der Waals surface area contributed by atoms with Crippen LogP contribution < -0.4 is 0 Å². The molecule has 1 unspecified atom stereocenters. The zero-order chi connectivity index (χ0) is 12.3. The monoisotopic (exact) mass is 213 g/mol. The molecule has 0 saturated carbocycles. The molecule has 0 bridgehead atoms. The van der Waals surface area contributed by atoms with Crippen LogP contribution in [0.1, 0.15) is 54.4 Å². The second-order valence-electron chi connectivity index (χ2n) is 3.76. The SMILES string of the molecule is C=C(C)CN1CCC(CC)C1.CC.CC. The van der Waals surface area contributed by atoms with Crippen molar-refractivity contribution in [2.24, 2.45) is 5.92 Å². The Morgan fingerprint density at radius 3 is 2.13 bits per heavy atom. The van der Waals surface area contributed by atoms with Crippen molar-refractivity contribution in [3.05, 3.63) is 12.2 Å². The molecule has 1 aliphatic heterocycles.